The first-order chi connectivity index (χ1) is 16.0. The maximum atomic E-state index is 13.1. The van der Waals surface area contributed by atoms with Gasteiger partial charge in [-0.2, -0.15) is 0 Å². The summed E-state index contributed by atoms with van der Waals surface area (Å²) >= 11 is -0.744. The van der Waals surface area contributed by atoms with Crippen molar-refractivity contribution < 1.29 is 9.18 Å². The fourth-order valence-electron chi connectivity index (χ4n) is 4.60. The number of carbonyl (C=O) groups is 1. The Bertz CT molecular complexity index is 1050. The number of nitrogens with zero attached hydrogens (tertiary/aromatic N) is 2. The maximum absolute atomic E-state index is 13.1. The molecule has 1 aliphatic heterocycles. The normalized spacial score (nSPS) is 15.4. The Balaban J connectivity index is 1.31. The van der Waals surface area contributed by atoms with E-state index >= 15 is 0 Å². The average molecular weight is 512 g/mol. The van der Waals surface area contributed by atoms with E-state index in [1.165, 1.54) is 16.5 Å². The summed E-state index contributed by atoms with van der Waals surface area (Å²) in [6.07, 6.45) is 6.11. The molecular formula is C27H35AsFN3O. The Morgan fingerprint density at radius 2 is 1.79 bits per heavy atom. The zero-order chi connectivity index (χ0) is 23.2. The Hall–Kier alpha value is -2.10. The number of hydrogen-bond donors (Lipinski definition) is 1. The molecule has 6 heteroatoms. The van der Waals surface area contributed by atoms with Crippen LogP contribution in [0.4, 0.5) is 4.39 Å². The van der Waals surface area contributed by atoms with Crippen molar-refractivity contribution in [1.82, 2.24) is 14.8 Å². The Morgan fingerprint density at radius 3 is 2.52 bits per heavy atom. The summed E-state index contributed by atoms with van der Waals surface area (Å²) in [5.41, 5.74) is 8.20. The molecule has 0 saturated carbocycles. The van der Waals surface area contributed by atoms with E-state index in [-0.39, 0.29) is 11.7 Å². The van der Waals surface area contributed by atoms with Gasteiger partial charge in [0.2, 0.25) is 0 Å². The van der Waals surface area contributed by atoms with Gasteiger partial charge in [0, 0.05) is 6.54 Å². The van der Waals surface area contributed by atoms with Crippen molar-refractivity contribution in [3.8, 4) is 0 Å². The molecule has 4 rings (SSSR count). The van der Waals surface area contributed by atoms with E-state index in [1.807, 2.05) is 12.1 Å². The second kappa shape index (κ2) is 11.4. The standard InChI is InChI=1S/C27H35AsFN3O/c1-28(2)14-9-27(33)30-20-22-3-6-23-11-18-32(26(23)19-22)25-12-16-31(17-13-25)15-10-21-4-7-24(29)8-5-21/h3-8,11,18-19,25H,9-10,12-17,20H2,1-2H3,(H,30,33). The number of rotatable bonds is 9. The molecule has 0 aliphatic carbocycles. The van der Waals surface area contributed by atoms with E-state index in [9.17, 15) is 9.18 Å². The molecule has 2 aromatic carbocycles. The predicted octanol–water partition coefficient (Wildman–Crippen LogP) is 5.42. The van der Waals surface area contributed by atoms with Crippen LogP contribution in [0.3, 0.4) is 0 Å². The van der Waals surface area contributed by atoms with E-state index in [0.29, 0.717) is 19.0 Å². The minimum atomic E-state index is -0.744. The Labute approximate surface area is 201 Å². The zero-order valence-corrected chi connectivity index (χ0v) is 21.6. The predicted molar refractivity (Wildman–Crippen MR) is 136 cm³/mol. The molecule has 33 heavy (non-hydrogen) atoms. The van der Waals surface area contributed by atoms with Gasteiger partial charge in [-0.1, -0.05) is 12.1 Å². The van der Waals surface area contributed by atoms with Crippen LogP contribution in [0, 0.1) is 5.82 Å². The number of nitrogens with one attached hydrogen (secondary N) is 1. The van der Waals surface area contributed by atoms with Gasteiger partial charge in [0.15, 0.2) is 0 Å². The Kier molecular flexibility index (Phi) is 8.27. The second-order valence-corrected chi connectivity index (χ2v) is 14.9. The first-order valence-electron chi connectivity index (χ1n) is 12.0. The topological polar surface area (TPSA) is 37.3 Å². The fourth-order valence-corrected chi connectivity index (χ4v) is 5.96. The number of halogens is 1. The molecule has 1 saturated heterocycles. The minimum absolute atomic E-state index is 0.168. The van der Waals surface area contributed by atoms with Gasteiger partial charge in [-0.25, -0.2) is 4.39 Å². The van der Waals surface area contributed by atoms with Gasteiger partial charge in [-0.3, -0.25) is 0 Å². The van der Waals surface area contributed by atoms with Crippen LogP contribution in [0.2, 0.25) is 16.6 Å². The number of carbonyl (C=O) groups excluding carboxylic acids is 1. The third kappa shape index (κ3) is 6.71. The van der Waals surface area contributed by atoms with Crippen molar-refractivity contribution in [1.29, 1.82) is 0 Å². The van der Waals surface area contributed by atoms with Crippen molar-refractivity contribution in [2.24, 2.45) is 0 Å². The molecule has 0 atom stereocenters. The van der Waals surface area contributed by atoms with Crippen molar-refractivity contribution in [3.05, 3.63) is 71.7 Å². The number of amides is 1. The summed E-state index contributed by atoms with van der Waals surface area (Å²) in [6, 6.07) is 16.1. The molecule has 2 heterocycles. The van der Waals surface area contributed by atoms with Crippen LogP contribution in [-0.2, 0) is 17.8 Å². The van der Waals surface area contributed by atoms with Crippen LogP contribution >= 0.6 is 0 Å². The van der Waals surface area contributed by atoms with Gasteiger partial charge < -0.3 is 4.90 Å². The van der Waals surface area contributed by atoms with Gasteiger partial charge >= 0.3 is 144 Å². The monoisotopic (exact) mass is 511 g/mol. The molecule has 1 N–H and O–H groups in total. The first-order valence-corrected chi connectivity index (χ1v) is 17.0. The summed E-state index contributed by atoms with van der Waals surface area (Å²) < 4.78 is 15.5. The third-order valence-corrected chi connectivity index (χ3v) is 8.99. The molecule has 176 valence electrons. The molecule has 1 aliphatic rings. The molecule has 1 amide bonds. The number of fused-ring (bicyclic) bond motifs is 1. The second-order valence-electron chi connectivity index (χ2n) is 9.40. The summed E-state index contributed by atoms with van der Waals surface area (Å²) in [7, 11) is 0. The van der Waals surface area contributed by atoms with Crippen LogP contribution in [-0.4, -0.2) is 49.7 Å². The molecular weight excluding hydrogens is 476 g/mol. The molecule has 4 nitrogen and oxygen atoms in total. The SMILES string of the molecule is C[As](C)CCC(=O)NCc1ccc2ccn(C3CCN(CCc4ccc(F)cc4)CC3)c2c1. The van der Waals surface area contributed by atoms with E-state index in [0.717, 1.165) is 49.7 Å². The number of likely N-dealkylation sites (tertiary alicyclic amines) is 1. The fraction of sp³-hybridized carbons (Fsp3) is 0.444. The van der Waals surface area contributed by atoms with Crippen molar-refractivity contribution in [2.45, 2.75) is 54.9 Å². The number of hydrogen-bond acceptors (Lipinski definition) is 2. The summed E-state index contributed by atoms with van der Waals surface area (Å²) in [4.78, 5) is 14.6. The molecule has 3 aromatic rings. The van der Waals surface area contributed by atoms with Gasteiger partial charge in [0.25, 0.3) is 0 Å². The van der Waals surface area contributed by atoms with E-state index in [1.54, 1.807) is 12.1 Å². The molecule has 0 radical (unpaired) electrons. The van der Waals surface area contributed by atoms with Crippen LogP contribution in [0.1, 0.15) is 36.4 Å². The van der Waals surface area contributed by atoms with Crippen LogP contribution in [0.25, 0.3) is 10.9 Å². The van der Waals surface area contributed by atoms with Crippen LogP contribution in [0.5, 0.6) is 0 Å². The number of piperidine rings is 1. The quantitative estimate of drug-likeness (QED) is 0.390. The van der Waals surface area contributed by atoms with E-state index in [4.69, 9.17) is 0 Å². The number of aromatic nitrogens is 1. The third-order valence-electron chi connectivity index (χ3n) is 6.64. The first kappa shape index (κ1) is 24.0. The van der Waals surface area contributed by atoms with Gasteiger partial charge in [-0.05, 0) is 24.1 Å². The van der Waals surface area contributed by atoms with Crippen molar-refractivity contribution in [2.75, 3.05) is 19.6 Å². The summed E-state index contributed by atoms with van der Waals surface area (Å²) in [5, 5.41) is 5.43. The van der Waals surface area contributed by atoms with Crippen LogP contribution < -0.4 is 5.32 Å². The van der Waals surface area contributed by atoms with Crippen LogP contribution in [0.15, 0.2) is 54.7 Å². The molecule has 0 unspecified atom stereocenters. The molecule has 1 aromatic heterocycles. The summed E-state index contributed by atoms with van der Waals surface area (Å²) in [6.45, 7) is 3.79. The molecule has 0 bridgehead atoms. The Morgan fingerprint density at radius 1 is 1.06 bits per heavy atom. The van der Waals surface area contributed by atoms with Gasteiger partial charge in [0.05, 0.1) is 0 Å². The van der Waals surface area contributed by atoms with Gasteiger partial charge in [-0.15, -0.1) is 0 Å². The van der Waals surface area contributed by atoms with E-state index in [2.05, 4.69) is 56.7 Å². The molecule has 1 fully saturated rings. The van der Waals surface area contributed by atoms with Crippen molar-refractivity contribution in [3.63, 3.8) is 0 Å². The van der Waals surface area contributed by atoms with Crippen molar-refractivity contribution >= 4 is 31.5 Å². The average Bonchev–Trinajstić information content (AvgIpc) is 3.24. The molecule has 0 spiro atoms. The summed E-state index contributed by atoms with van der Waals surface area (Å²) in [5.74, 6) is -0.00156. The van der Waals surface area contributed by atoms with E-state index < -0.39 is 14.7 Å². The zero-order valence-electron chi connectivity index (χ0n) is 19.8. The number of benzene rings is 2. The van der Waals surface area contributed by atoms with Gasteiger partial charge in [0.1, 0.15) is 5.82 Å².